The van der Waals surface area contributed by atoms with Gasteiger partial charge in [-0.1, -0.05) is 52.0 Å². The van der Waals surface area contributed by atoms with Crippen molar-refractivity contribution in [2.45, 2.75) is 11.9 Å². The van der Waals surface area contributed by atoms with Crippen LogP contribution in [0.5, 0.6) is 0 Å². The van der Waals surface area contributed by atoms with Crippen LogP contribution in [-0.2, 0) is 11.9 Å². The highest BCUT2D eigenvalue weighted by Crippen LogP contribution is 2.33. The van der Waals surface area contributed by atoms with E-state index in [9.17, 15) is 18.0 Å². The number of aliphatic imine (C=N–C) groups is 1. The molecule has 0 aromatic heterocycles. The highest BCUT2D eigenvalue weighted by Gasteiger charge is 2.37. The van der Waals surface area contributed by atoms with Crippen molar-refractivity contribution in [1.29, 1.82) is 0 Å². The Morgan fingerprint density at radius 2 is 1.85 bits per heavy atom. The van der Waals surface area contributed by atoms with Gasteiger partial charge in [-0.25, -0.2) is 0 Å². The van der Waals surface area contributed by atoms with Crippen LogP contribution in [0, 0.1) is 0 Å². The number of alkyl halides is 3. The minimum atomic E-state index is -4.58. The lowest BCUT2D eigenvalue weighted by Gasteiger charge is -2.20. The Hall–Kier alpha value is -1.80. The monoisotopic (exact) mass is 442 g/mol. The van der Waals surface area contributed by atoms with Crippen molar-refractivity contribution in [2.75, 3.05) is 13.1 Å². The third-order valence-corrected chi connectivity index (χ3v) is 5.40. The fourth-order valence-corrected chi connectivity index (χ4v) is 3.79. The van der Waals surface area contributed by atoms with Crippen LogP contribution >= 0.6 is 27.7 Å². The number of hydrogen-bond acceptors (Lipinski definition) is 3. The van der Waals surface area contributed by atoms with Gasteiger partial charge in [0, 0.05) is 16.8 Å². The van der Waals surface area contributed by atoms with Crippen LogP contribution < -0.4 is 0 Å². The summed E-state index contributed by atoms with van der Waals surface area (Å²) in [5.41, 5.74) is -0.233. The Morgan fingerprint density at radius 3 is 2.54 bits per heavy atom. The van der Waals surface area contributed by atoms with Gasteiger partial charge in [-0.2, -0.15) is 13.2 Å². The van der Waals surface area contributed by atoms with Crippen LogP contribution in [0.1, 0.15) is 21.5 Å². The van der Waals surface area contributed by atoms with Crippen LogP contribution in [-0.4, -0.2) is 29.1 Å². The Morgan fingerprint density at radius 1 is 1.15 bits per heavy atom. The number of amidine groups is 1. The van der Waals surface area contributed by atoms with Crippen LogP contribution in [0.4, 0.5) is 13.2 Å². The second-order valence-electron chi connectivity index (χ2n) is 5.58. The van der Waals surface area contributed by atoms with E-state index in [0.29, 0.717) is 17.5 Å². The minimum Gasteiger partial charge on any atom is -0.286 e. The van der Waals surface area contributed by atoms with Crippen molar-refractivity contribution in [3.8, 4) is 0 Å². The molecule has 0 aliphatic carbocycles. The lowest BCUT2D eigenvalue weighted by Crippen LogP contribution is -2.34. The summed E-state index contributed by atoms with van der Waals surface area (Å²) in [5.74, 6) is -0.0888. The number of carbonyl (C=O) groups excluding carboxylic acids is 1. The summed E-state index contributed by atoms with van der Waals surface area (Å²) in [7, 11) is 0. The quantitative estimate of drug-likeness (QED) is 0.653. The van der Waals surface area contributed by atoms with E-state index in [2.05, 4.69) is 20.9 Å². The number of carbonyl (C=O) groups is 1. The third-order valence-electron chi connectivity index (χ3n) is 3.79. The number of rotatable bonds is 3. The van der Waals surface area contributed by atoms with Crippen LogP contribution in [0.15, 0.2) is 58.0 Å². The number of halogens is 4. The number of benzene rings is 2. The SMILES string of the molecule is O=C(c1ccccc1C(F)(F)F)N1CCN=C1SCc1ccc(Br)cc1. The van der Waals surface area contributed by atoms with Gasteiger partial charge >= 0.3 is 6.18 Å². The zero-order chi connectivity index (χ0) is 18.7. The second kappa shape index (κ2) is 7.84. The molecular weight excluding hydrogens is 429 g/mol. The summed E-state index contributed by atoms with van der Waals surface area (Å²) in [5, 5.41) is 0.454. The Labute approximate surface area is 161 Å². The number of nitrogens with zero attached hydrogens (tertiary/aromatic N) is 2. The summed E-state index contributed by atoms with van der Waals surface area (Å²) in [6.07, 6.45) is -4.58. The van der Waals surface area contributed by atoms with E-state index >= 15 is 0 Å². The Balaban J connectivity index is 1.76. The summed E-state index contributed by atoms with van der Waals surface area (Å²) < 4.78 is 40.5. The largest absolute Gasteiger partial charge is 0.417 e. The fraction of sp³-hybridized carbons (Fsp3) is 0.222. The summed E-state index contributed by atoms with van der Waals surface area (Å²) in [6, 6.07) is 12.6. The van der Waals surface area contributed by atoms with Crippen LogP contribution in [0.25, 0.3) is 0 Å². The van der Waals surface area contributed by atoms with Crippen molar-refractivity contribution in [3.05, 3.63) is 69.7 Å². The molecule has 3 nitrogen and oxygen atoms in total. The van der Waals surface area contributed by atoms with Crippen molar-refractivity contribution < 1.29 is 18.0 Å². The second-order valence-corrected chi connectivity index (χ2v) is 7.44. The first kappa shape index (κ1) is 19.0. The average molecular weight is 443 g/mol. The molecule has 0 saturated carbocycles. The molecule has 0 atom stereocenters. The smallest absolute Gasteiger partial charge is 0.286 e. The van der Waals surface area contributed by atoms with E-state index in [1.807, 2.05) is 24.3 Å². The summed E-state index contributed by atoms with van der Waals surface area (Å²) >= 11 is 4.71. The molecular formula is C18H14BrF3N2OS. The Bertz CT molecular complexity index is 837. The lowest BCUT2D eigenvalue weighted by atomic mass is 10.1. The molecule has 1 heterocycles. The molecule has 0 bridgehead atoms. The van der Waals surface area contributed by atoms with Gasteiger partial charge in [0.1, 0.15) is 0 Å². The number of hydrogen-bond donors (Lipinski definition) is 0. The number of thioether (sulfide) groups is 1. The molecule has 0 radical (unpaired) electrons. The topological polar surface area (TPSA) is 32.7 Å². The van der Waals surface area contributed by atoms with Gasteiger partial charge in [0.25, 0.3) is 5.91 Å². The first-order valence-corrected chi connectivity index (χ1v) is 9.54. The molecule has 0 saturated heterocycles. The molecule has 2 aromatic rings. The normalized spacial score (nSPS) is 14.5. The lowest BCUT2D eigenvalue weighted by molar-refractivity contribution is -0.138. The van der Waals surface area contributed by atoms with Gasteiger partial charge in [-0.15, -0.1) is 0 Å². The van der Waals surface area contributed by atoms with Crippen LogP contribution in [0.3, 0.4) is 0 Å². The van der Waals surface area contributed by atoms with Crippen LogP contribution in [0.2, 0.25) is 0 Å². The molecule has 1 amide bonds. The van der Waals surface area contributed by atoms with E-state index in [1.165, 1.54) is 34.9 Å². The maximum atomic E-state index is 13.2. The fourth-order valence-electron chi connectivity index (χ4n) is 2.53. The van der Waals surface area contributed by atoms with Gasteiger partial charge in [0.15, 0.2) is 5.17 Å². The molecule has 0 fully saturated rings. The molecule has 0 spiro atoms. The molecule has 1 aliphatic heterocycles. The molecule has 0 unspecified atom stereocenters. The van der Waals surface area contributed by atoms with E-state index < -0.39 is 17.6 Å². The molecule has 1 aliphatic rings. The predicted octanol–water partition coefficient (Wildman–Crippen LogP) is 5.21. The van der Waals surface area contributed by atoms with Crippen molar-refractivity contribution in [2.24, 2.45) is 4.99 Å². The maximum Gasteiger partial charge on any atom is 0.417 e. The van der Waals surface area contributed by atoms with Gasteiger partial charge < -0.3 is 0 Å². The summed E-state index contributed by atoms with van der Waals surface area (Å²) in [4.78, 5) is 18.3. The van der Waals surface area contributed by atoms with Crippen molar-refractivity contribution >= 4 is 38.8 Å². The summed E-state index contributed by atoms with van der Waals surface area (Å²) in [6.45, 7) is 0.677. The predicted molar refractivity (Wildman–Crippen MR) is 100 cm³/mol. The minimum absolute atomic E-state index is 0.285. The molecule has 3 rings (SSSR count). The van der Waals surface area contributed by atoms with Gasteiger partial charge in [0.05, 0.1) is 17.7 Å². The zero-order valence-corrected chi connectivity index (χ0v) is 15.9. The van der Waals surface area contributed by atoms with E-state index in [0.717, 1.165) is 16.1 Å². The first-order valence-electron chi connectivity index (χ1n) is 7.76. The highest BCUT2D eigenvalue weighted by atomic mass is 79.9. The van der Waals surface area contributed by atoms with Gasteiger partial charge in [-0.3, -0.25) is 14.7 Å². The molecule has 0 N–H and O–H groups in total. The molecule has 2 aromatic carbocycles. The first-order chi connectivity index (χ1) is 12.4. The highest BCUT2D eigenvalue weighted by molar-refractivity contribution is 9.10. The van der Waals surface area contributed by atoms with Gasteiger partial charge in [-0.05, 0) is 29.8 Å². The maximum absolute atomic E-state index is 13.2. The van der Waals surface area contributed by atoms with Crippen molar-refractivity contribution in [3.63, 3.8) is 0 Å². The standard InChI is InChI=1S/C18H14BrF3N2OS/c19-13-7-5-12(6-8-13)11-26-17-23-9-10-24(17)16(25)14-3-1-2-4-15(14)18(20,21)22/h1-8H,9-11H2. The zero-order valence-electron chi connectivity index (χ0n) is 13.5. The van der Waals surface area contributed by atoms with E-state index in [4.69, 9.17) is 0 Å². The molecule has 136 valence electrons. The molecule has 8 heteroatoms. The van der Waals surface area contributed by atoms with E-state index in [-0.39, 0.29) is 12.1 Å². The van der Waals surface area contributed by atoms with E-state index in [1.54, 1.807) is 0 Å². The Kier molecular flexibility index (Phi) is 5.72. The third kappa shape index (κ3) is 4.29. The van der Waals surface area contributed by atoms with Gasteiger partial charge in [0.2, 0.25) is 0 Å². The van der Waals surface area contributed by atoms with Crippen molar-refractivity contribution in [1.82, 2.24) is 4.90 Å². The molecule has 26 heavy (non-hydrogen) atoms. The average Bonchev–Trinajstić information content (AvgIpc) is 3.08. The number of amides is 1.